The molecule has 0 spiro atoms. The van der Waals surface area contributed by atoms with E-state index in [0.29, 0.717) is 18.1 Å². The minimum atomic E-state index is 0.250. The van der Waals surface area contributed by atoms with Gasteiger partial charge < -0.3 is 9.85 Å². The summed E-state index contributed by atoms with van der Waals surface area (Å²) < 4.78 is 0.250. The summed E-state index contributed by atoms with van der Waals surface area (Å²) in [5.74, 6) is 0. The van der Waals surface area contributed by atoms with E-state index in [2.05, 4.69) is 0 Å². The number of nitrogens with zero attached hydrogens (tertiary/aromatic N) is 1. The zero-order valence-electron chi connectivity index (χ0n) is 25.9. The fraction of sp³-hybridized carbons (Fsp3) is 1.00. The number of quaternary nitrogens is 1. The van der Waals surface area contributed by atoms with Crippen LogP contribution in [0.3, 0.4) is 0 Å². The highest BCUT2D eigenvalue weighted by Gasteiger charge is 2.41. The molecule has 0 N–H and O–H groups in total. The van der Waals surface area contributed by atoms with E-state index in [1.54, 1.807) is 0 Å². The van der Waals surface area contributed by atoms with Gasteiger partial charge in [0.2, 0.25) is 0 Å². The molecule has 0 saturated heterocycles. The highest BCUT2D eigenvalue weighted by Crippen LogP contribution is 2.39. The van der Waals surface area contributed by atoms with E-state index in [4.69, 9.17) is 0 Å². The number of hydroxylamine groups is 3. The Morgan fingerprint density at radius 3 is 0.526 bits per heavy atom. The Kier molecular flexibility index (Phi) is 17.7. The van der Waals surface area contributed by atoms with Crippen LogP contribution in [0, 0.1) is 5.21 Å². The second-order valence-electron chi connectivity index (χ2n) is 14.0. The smallest absolute Gasteiger partial charge is 0.0891 e. The zero-order chi connectivity index (χ0) is 26.6. The van der Waals surface area contributed by atoms with Crippen LogP contribution < -0.4 is 0 Å². The summed E-state index contributed by atoms with van der Waals surface area (Å²) in [6.45, 7) is 0. The molecule has 0 heterocycles. The first-order chi connectivity index (χ1) is 18.8. The molecule has 3 fully saturated rings. The molecule has 0 bridgehead atoms. The minimum absolute atomic E-state index is 0.250. The van der Waals surface area contributed by atoms with Crippen LogP contribution in [0.1, 0.15) is 212 Å². The Hall–Kier alpha value is -0.0800. The van der Waals surface area contributed by atoms with Crippen molar-refractivity contribution in [3.8, 4) is 0 Å². The third-order valence-electron chi connectivity index (χ3n) is 10.9. The number of hydrogen-bond donors (Lipinski definition) is 0. The third-order valence-corrected chi connectivity index (χ3v) is 10.9. The molecule has 0 aromatic rings. The fourth-order valence-corrected chi connectivity index (χ4v) is 8.53. The van der Waals surface area contributed by atoms with Gasteiger partial charge in [0.15, 0.2) is 0 Å². The Labute approximate surface area is 239 Å². The fourth-order valence-electron chi connectivity index (χ4n) is 8.53. The molecule has 2 nitrogen and oxygen atoms in total. The van der Waals surface area contributed by atoms with Crippen molar-refractivity contribution < 1.29 is 4.65 Å². The molecule has 3 aliphatic rings. The molecule has 0 unspecified atom stereocenters. The Morgan fingerprint density at radius 2 is 0.368 bits per heavy atom. The predicted octanol–water partition coefficient (Wildman–Crippen LogP) is 12.3. The van der Waals surface area contributed by atoms with Gasteiger partial charge >= 0.3 is 0 Å². The average molecular weight is 532 g/mol. The third kappa shape index (κ3) is 12.2. The largest absolute Gasteiger partial charge is 0.632 e. The lowest BCUT2D eigenvalue weighted by Gasteiger charge is -2.59. The minimum Gasteiger partial charge on any atom is -0.632 e. The van der Waals surface area contributed by atoms with Crippen LogP contribution in [-0.4, -0.2) is 22.8 Å². The van der Waals surface area contributed by atoms with Crippen LogP contribution in [0.5, 0.6) is 0 Å². The molecule has 3 rings (SSSR count). The first kappa shape index (κ1) is 32.4. The summed E-state index contributed by atoms with van der Waals surface area (Å²) in [6, 6.07) is 1.14. The molecular weight excluding hydrogens is 462 g/mol. The van der Waals surface area contributed by atoms with Gasteiger partial charge in [0.25, 0.3) is 0 Å². The molecule has 2 heteroatoms. The van der Waals surface area contributed by atoms with Crippen LogP contribution in [0.2, 0.25) is 0 Å². The molecule has 0 amide bonds. The van der Waals surface area contributed by atoms with E-state index < -0.39 is 0 Å². The van der Waals surface area contributed by atoms with Gasteiger partial charge in [-0.2, -0.15) is 0 Å². The summed E-state index contributed by atoms with van der Waals surface area (Å²) in [5, 5.41) is 16.0. The quantitative estimate of drug-likeness (QED) is 0.262. The van der Waals surface area contributed by atoms with Gasteiger partial charge in [-0.15, -0.1) is 0 Å². The van der Waals surface area contributed by atoms with Crippen molar-refractivity contribution in [2.75, 3.05) is 0 Å². The normalized spacial score (nSPS) is 26.4. The van der Waals surface area contributed by atoms with Crippen molar-refractivity contribution in [3.05, 3.63) is 5.21 Å². The second-order valence-corrected chi connectivity index (χ2v) is 14.0. The lowest BCUT2D eigenvalue weighted by Crippen LogP contribution is -2.63. The van der Waals surface area contributed by atoms with Gasteiger partial charge in [-0.25, -0.2) is 0 Å². The van der Waals surface area contributed by atoms with Crippen LogP contribution in [-0.2, 0) is 0 Å². The molecule has 3 saturated carbocycles. The summed E-state index contributed by atoms with van der Waals surface area (Å²) in [5.41, 5.74) is 0. The van der Waals surface area contributed by atoms with Crippen LogP contribution in [0.25, 0.3) is 0 Å². The Morgan fingerprint density at radius 1 is 0.237 bits per heavy atom. The van der Waals surface area contributed by atoms with Gasteiger partial charge in [-0.1, -0.05) is 135 Å². The Bertz CT molecular complexity index is 437. The molecule has 0 aliphatic heterocycles. The standard InChI is InChI=1S/C36H69NO/c38-37(34-28-22-16-10-4-1-5-11-17-23-29-34,35-30-24-18-12-6-2-7-13-19-25-31-35)36-32-26-20-14-8-3-9-15-21-27-33-36/h34-36H,1-33H2. The lowest BCUT2D eigenvalue weighted by molar-refractivity contribution is -0.954. The maximum atomic E-state index is 16.0. The van der Waals surface area contributed by atoms with Gasteiger partial charge in [0.1, 0.15) is 0 Å². The Balaban J connectivity index is 1.84. The monoisotopic (exact) mass is 532 g/mol. The second kappa shape index (κ2) is 20.7. The van der Waals surface area contributed by atoms with Gasteiger partial charge in [0, 0.05) is 0 Å². The molecule has 3 aliphatic carbocycles. The van der Waals surface area contributed by atoms with Gasteiger partial charge in [-0.05, 0) is 77.0 Å². The predicted molar refractivity (Wildman–Crippen MR) is 167 cm³/mol. The zero-order valence-corrected chi connectivity index (χ0v) is 25.9. The van der Waals surface area contributed by atoms with Crippen molar-refractivity contribution in [2.24, 2.45) is 0 Å². The topological polar surface area (TPSA) is 23.1 Å². The van der Waals surface area contributed by atoms with E-state index >= 15 is 5.21 Å². The van der Waals surface area contributed by atoms with E-state index in [9.17, 15) is 0 Å². The number of rotatable bonds is 3. The van der Waals surface area contributed by atoms with Crippen molar-refractivity contribution >= 4 is 0 Å². The van der Waals surface area contributed by atoms with E-state index in [-0.39, 0.29) is 4.65 Å². The van der Waals surface area contributed by atoms with Gasteiger partial charge in [-0.3, -0.25) is 0 Å². The van der Waals surface area contributed by atoms with E-state index in [1.807, 2.05) is 0 Å². The van der Waals surface area contributed by atoms with Crippen molar-refractivity contribution in [2.45, 2.75) is 230 Å². The van der Waals surface area contributed by atoms with Crippen molar-refractivity contribution in [1.29, 1.82) is 0 Å². The van der Waals surface area contributed by atoms with Crippen LogP contribution >= 0.6 is 0 Å². The van der Waals surface area contributed by atoms with Crippen LogP contribution in [0.15, 0.2) is 0 Å². The maximum Gasteiger partial charge on any atom is 0.0891 e. The summed E-state index contributed by atoms with van der Waals surface area (Å²) in [6.07, 6.45) is 44.7. The van der Waals surface area contributed by atoms with Gasteiger partial charge in [0.05, 0.1) is 18.1 Å². The number of hydrogen-bond acceptors (Lipinski definition) is 1. The first-order valence-corrected chi connectivity index (χ1v) is 18.4. The maximum absolute atomic E-state index is 16.0. The summed E-state index contributed by atoms with van der Waals surface area (Å²) >= 11 is 0. The van der Waals surface area contributed by atoms with E-state index in [1.165, 1.54) is 212 Å². The molecule has 224 valence electrons. The highest BCUT2D eigenvalue weighted by atomic mass is 16.6. The van der Waals surface area contributed by atoms with Crippen molar-refractivity contribution in [3.63, 3.8) is 0 Å². The molecule has 0 radical (unpaired) electrons. The molecule has 0 atom stereocenters. The first-order valence-electron chi connectivity index (χ1n) is 18.4. The lowest BCUT2D eigenvalue weighted by atomic mass is 9.87. The van der Waals surface area contributed by atoms with Crippen LogP contribution in [0.4, 0.5) is 0 Å². The molecule has 0 aromatic heterocycles. The molecule has 38 heavy (non-hydrogen) atoms. The molecular formula is C36H69NO. The summed E-state index contributed by atoms with van der Waals surface area (Å²) in [7, 11) is 0. The average Bonchev–Trinajstić information content (AvgIpc) is 2.89. The van der Waals surface area contributed by atoms with Crippen molar-refractivity contribution in [1.82, 2.24) is 0 Å². The van der Waals surface area contributed by atoms with E-state index in [0.717, 1.165) is 0 Å². The molecule has 0 aromatic carbocycles. The highest BCUT2D eigenvalue weighted by molar-refractivity contribution is 4.77. The SMILES string of the molecule is [O-][N+](C1CCCCCCCCCCC1)(C1CCCCCCCCCCC1)C1CCCCCCCCCCC1. The summed E-state index contributed by atoms with van der Waals surface area (Å²) in [4.78, 5) is 0.